The van der Waals surface area contributed by atoms with Gasteiger partial charge in [-0.15, -0.1) is 0 Å². The van der Waals surface area contributed by atoms with Crippen LogP contribution in [0, 0.1) is 13.8 Å². The van der Waals surface area contributed by atoms with Crippen LogP contribution in [0.4, 0.5) is 5.69 Å². The highest BCUT2D eigenvalue weighted by molar-refractivity contribution is 5.94. The molecule has 0 fully saturated rings. The molecule has 4 nitrogen and oxygen atoms in total. The number of anilines is 1. The second-order valence-electron chi connectivity index (χ2n) is 5.05. The zero-order chi connectivity index (χ0) is 15.4. The van der Waals surface area contributed by atoms with Crippen molar-refractivity contribution in [3.05, 3.63) is 64.7 Å². The minimum atomic E-state index is -0.967. The zero-order valence-corrected chi connectivity index (χ0v) is 12.0. The van der Waals surface area contributed by atoms with Crippen molar-refractivity contribution in [1.82, 2.24) is 0 Å². The number of rotatable bonds is 4. The molecular formula is C17H17NO3. The third-order valence-electron chi connectivity index (χ3n) is 3.19. The lowest BCUT2D eigenvalue weighted by atomic mass is 10.1. The van der Waals surface area contributed by atoms with Crippen LogP contribution in [0.5, 0.6) is 0 Å². The number of aromatic carboxylic acids is 1. The van der Waals surface area contributed by atoms with Crippen molar-refractivity contribution < 1.29 is 14.7 Å². The van der Waals surface area contributed by atoms with Crippen LogP contribution in [0.15, 0.2) is 42.5 Å². The van der Waals surface area contributed by atoms with E-state index in [0.29, 0.717) is 17.7 Å². The zero-order valence-electron chi connectivity index (χ0n) is 12.0. The van der Waals surface area contributed by atoms with Crippen LogP contribution in [-0.4, -0.2) is 17.0 Å². The Morgan fingerprint density at radius 2 is 1.86 bits per heavy atom. The summed E-state index contributed by atoms with van der Waals surface area (Å²) in [5.41, 5.74) is 3.53. The highest BCUT2D eigenvalue weighted by Gasteiger charge is 2.09. The van der Waals surface area contributed by atoms with Gasteiger partial charge >= 0.3 is 5.97 Å². The van der Waals surface area contributed by atoms with Crippen LogP contribution < -0.4 is 5.32 Å². The molecule has 0 atom stereocenters. The van der Waals surface area contributed by atoms with Gasteiger partial charge in [0, 0.05) is 5.69 Å². The monoisotopic (exact) mass is 283 g/mol. The first kappa shape index (κ1) is 14.8. The summed E-state index contributed by atoms with van der Waals surface area (Å²) >= 11 is 0. The molecule has 0 aliphatic heterocycles. The fourth-order valence-corrected chi connectivity index (χ4v) is 2.19. The summed E-state index contributed by atoms with van der Waals surface area (Å²) < 4.78 is 0. The maximum Gasteiger partial charge on any atom is 0.335 e. The van der Waals surface area contributed by atoms with Crippen LogP contribution in [0.1, 0.15) is 27.0 Å². The van der Waals surface area contributed by atoms with E-state index >= 15 is 0 Å². The smallest absolute Gasteiger partial charge is 0.335 e. The summed E-state index contributed by atoms with van der Waals surface area (Å²) in [7, 11) is 0. The van der Waals surface area contributed by atoms with Crippen molar-refractivity contribution >= 4 is 17.6 Å². The number of hydrogen-bond acceptors (Lipinski definition) is 2. The molecule has 2 rings (SSSR count). The minimum Gasteiger partial charge on any atom is -0.478 e. The number of nitrogens with one attached hydrogen (secondary N) is 1. The Bertz CT molecular complexity index is 692. The number of amides is 1. The molecule has 108 valence electrons. The third-order valence-corrected chi connectivity index (χ3v) is 3.19. The molecular weight excluding hydrogens is 266 g/mol. The van der Waals surface area contributed by atoms with Gasteiger partial charge in [-0.3, -0.25) is 4.79 Å². The third kappa shape index (κ3) is 3.92. The molecule has 0 spiro atoms. The maximum atomic E-state index is 12.0. The molecule has 0 radical (unpaired) electrons. The van der Waals surface area contributed by atoms with Gasteiger partial charge in [-0.05, 0) is 43.2 Å². The van der Waals surface area contributed by atoms with Crippen LogP contribution in [-0.2, 0) is 11.2 Å². The van der Waals surface area contributed by atoms with Gasteiger partial charge in [0.25, 0.3) is 0 Å². The number of benzene rings is 2. The van der Waals surface area contributed by atoms with Gasteiger partial charge < -0.3 is 10.4 Å². The summed E-state index contributed by atoms with van der Waals surface area (Å²) in [4.78, 5) is 22.9. The van der Waals surface area contributed by atoms with Gasteiger partial charge in [-0.25, -0.2) is 4.79 Å². The van der Waals surface area contributed by atoms with Crippen molar-refractivity contribution in [3.8, 4) is 0 Å². The van der Waals surface area contributed by atoms with Gasteiger partial charge in [-0.2, -0.15) is 0 Å². The highest BCUT2D eigenvalue weighted by Crippen LogP contribution is 2.16. The van der Waals surface area contributed by atoms with E-state index in [1.165, 1.54) is 6.07 Å². The molecule has 0 bridgehead atoms. The largest absolute Gasteiger partial charge is 0.478 e. The summed E-state index contributed by atoms with van der Waals surface area (Å²) in [6.45, 7) is 3.69. The Morgan fingerprint density at radius 1 is 1.10 bits per heavy atom. The number of aryl methyl sites for hydroxylation is 2. The topological polar surface area (TPSA) is 66.4 Å². The lowest BCUT2D eigenvalue weighted by Crippen LogP contribution is -2.14. The van der Waals surface area contributed by atoms with E-state index < -0.39 is 5.97 Å². The second kappa shape index (κ2) is 6.22. The summed E-state index contributed by atoms with van der Waals surface area (Å²) in [6, 6.07) is 12.5. The Balaban J connectivity index is 2.06. The molecule has 2 aromatic carbocycles. The van der Waals surface area contributed by atoms with E-state index in [-0.39, 0.29) is 11.5 Å². The van der Waals surface area contributed by atoms with E-state index in [9.17, 15) is 9.59 Å². The van der Waals surface area contributed by atoms with Gasteiger partial charge in [0.2, 0.25) is 5.91 Å². The Morgan fingerprint density at radius 3 is 2.48 bits per heavy atom. The average molecular weight is 283 g/mol. The molecule has 1 amide bonds. The molecule has 0 unspecified atom stereocenters. The number of carboxylic acid groups (broad SMARTS) is 1. The molecule has 0 heterocycles. The van der Waals surface area contributed by atoms with Gasteiger partial charge in [0.15, 0.2) is 0 Å². The highest BCUT2D eigenvalue weighted by atomic mass is 16.4. The van der Waals surface area contributed by atoms with Crippen LogP contribution in [0.25, 0.3) is 0 Å². The van der Waals surface area contributed by atoms with Crippen LogP contribution >= 0.6 is 0 Å². The van der Waals surface area contributed by atoms with Crippen LogP contribution in [0.3, 0.4) is 0 Å². The molecule has 4 heteroatoms. The lowest BCUT2D eigenvalue weighted by molar-refractivity contribution is -0.115. The molecule has 2 aromatic rings. The minimum absolute atomic E-state index is 0.122. The Kier molecular flexibility index (Phi) is 4.38. The SMILES string of the molecule is Cc1cccc(CC(=O)Nc2ccc(C(=O)O)c(C)c2)c1. The van der Waals surface area contributed by atoms with Crippen molar-refractivity contribution in [2.45, 2.75) is 20.3 Å². The number of carbonyl (C=O) groups is 2. The summed E-state index contributed by atoms with van der Waals surface area (Å²) in [5, 5.41) is 11.8. The molecule has 0 saturated carbocycles. The van der Waals surface area contributed by atoms with Crippen molar-refractivity contribution in [2.75, 3.05) is 5.32 Å². The van der Waals surface area contributed by atoms with E-state index in [4.69, 9.17) is 5.11 Å². The Hall–Kier alpha value is -2.62. The van der Waals surface area contributed by atoms with Gasteiger partial charge in [-0.1, -0.05) is 29.8 Å². The molecule has 2 N–H and O–H groups in total. The van der Waals surface area contributed by atoms with Gasteiger partial charge in [0.05, 0.1) is 12.0 Å². The standard InChI is InChI=1S/C17H17NO3/c1-11-4-3-5-13(8-11)10-16(19)18-14-6-7-15(17(20)21)12(2)9-14/h3-9H,10H2,1-2H3,(H,18,19)(H,20,21). The molecule has 0 aliphatic carbocycles. The van der Waals surface area contributed by atoms with Crippen molar-refractivity contribution in [2.24, 2.45) is 0 Å². The first-order valence-electron chi connectivity index (χ1n) is 6.65. The maximum absolute atomic E-state index is 12.0. The van der Waals surface area contributed by atoms with E-state index in [1.54, 1.807) is 19.1 Å². The Labute approximate surface area is 123 Å². The first-order chi connectivity index (χ1) is 9.95. The quantitative estimate of drug-likeness (QED) is 0.905. The fourth-order valence-electron chi connectivity index (χ4n) is 2.19. The van der Waals surface area contributed by atoms with Crippen molar-refractivity contribution in [1.29, 1.82) is 0 Å². The van der Waals surface area contributed by atoms with Crippen molar-refractivity contribution in [3.63, 3.8) is 0 Å². The number of hydrogen-bond donors (Lipinski definition) is 2. The predicted octanol–water partition coefficient (Wildman–Crippen LogP) is 3.18. The molecule has 0 aliphatic rings. The van der Waals surface area contributed by atoms with Gasteiger partial charge in [0.1, 0.15) is 0 Å². The fraction of sp³-hybridized carbons (Fsp3) is 0.176. The molecule has 21 heavy (non-hydrogen) atoms. The molecule has 0 saturated heterocycles. The summed E-state index contributed by atoms with van der Waals surface area (Å²) in [6.07, 6.45) is 0.293. The summed E-state index contributed by atoms with van der Waals surface area (Å²) in [5.74, 6) is -1.09. The van der Waals surface area contributed by atoms with E-state index in [2.05, 4.69) is 5.32 Å². The average Bonchev–Trinajstić information content (AvgIpc) is 2.38. The van der Waals surface area contributed by atoms with Crippen LogP contribution in [0.2, 0.25) is 0 Å². The number of carbonyl (C=O) groups excluding carboxylic acids is 1. The van der Waals surface area contributed by atoms with E-state index in [0.717, 1.165) is 11.1 Å². The van der Waals surface area contributed by atoms with E-state index in [1.807, 2.05) is 31.2 Å². The number of carboxylic acids is 1. The normalized spacial score (nSPS) is 10.2. The predicted molar refractivity (Wildman–Crippen MR) is 81.7 cm³/mol. The first-order valence-corrected chi connectivity index (χ1v) is 6.65. The molecule has 0 aromatic heterocycles. The lowest BCUT2D eigenvalue weighted by Gasteiger charge is -2.08. The second-order valence-corrected chi connectivity index (χ2v) is 5.05.